The Labute approximate surface area is 148 Å². The van der Waals surface area contributed by atoms with Crippen LogP contribution in [0, 0.1) is 5.82 Å². The van der Waals surface area contributed by atoms with Crippen LogP contribution in [0.5, 0.6) is 0 Å². The molecule has 1 aliphatic rings. The standard InChI is InChI=1S/C19H25FN2O3/c1-19(2,3)25-18(24)22-11-5-10-21(12-13-22)17(23)9-8-15-6-4-7-16(20)14-15/h4,6-9,14H,5,10-13H2,1-3H3/b9-8+. The van der Waals surface area contributed by atoms with E-state index in [1.807, 2.05) is 20.8 Å². The first-order valence-electron chi connectivity index (χ1n) is 8.45. The molecule has 1 aromatic rings. The molecule has 0 atom stereocenters. The highest BCUT2D eigenvalue weighted by atomic mass is 19.1. The van der Waals surface area contributed by atoms with Gasteiger partial charge in [0.2, 0.25) is 5.91 Å². The van der Waals surface area contributed by atoms with E-state index in [9.17, 15) is 14.0 Å². The van der Waals surface area contributed by atoms with E-state index in [1.165, 1.54) is 18.2 Å². The molecule has 5 nitrogen and oxygen atoms in total. The summed E-state index contributed by atoms with van der Waals surface area (Å²) in [7, 11) is 0. The van der Waals surface area contributed by atoms with Crippen LogP contribution in [0.1, 0.15) is 32.8 Å². The summed E-state index contributed by atoms with van der Waals surface area (Å²) in [6.45, 7) is 7.51. The molecule has 2 rings (SSSR count). The number of hydrogen-bond donors (Lipinski definition) is 0. The van der Waals surface area contributed by atoms with Crippen LogP contribution in [0.25, 0.3) is 6.08 Å². The molecule has 2 amide bonds. The zero-order valence-corrected chi connectivity index (χ0v) is 15.0. The molecular formula is C19H25FN2O3. The summed E-state index contributed by atoms with van der Waals surface area (Å²) in [5.74, 6) is -0.479. The molecule has 0 saturated carbocycles. The minimum absolute atomic E-state index is 0.143. The molecule has 6 heteroatoms. The topological polar surface area (TPSA) is 49.9 Å². The van der Waals surface area contributed by atoms with Gasteiger partial charge in [-0.2, -0.15) is 0 Å². The van der Waals surface area contributed by atoms with Crippen LogP contribution in [0.2, 0.25) is 0 Å². The third kappa shape index (κ3) is 6.21. The lowest BCUT2D eigenvalue weighted by molar-refractivity contribution is -0.125. The Kier molecular flexibility index (Phi) is 6.17. The highest BCUT2D eigenvalue weighted by molar-refractivity contribution is 5.91. The average molecular weight is 348 g/mol. The first-order chi connectivity index (χ1) is 11.7. The fourth-order valence-corrected chi connectivity index (χ4v) is 2.53. The van der Waals surface area contributed by atoms with E-state index in [2.05, 4.69) is 0 Å². The molecule has 136 valence electrons. The number of carbonyl (C=O) groups is 2. The van der Waals surface area contributed by atoms with Crippen LogP contribution < -0.4 is 0 Å². The molecule has 0 N–H and O–H groups in total. The van der Waals surface area contributed by atoms with Crippen molar-refractivity contribution in [1.29, 1.82) is 0 Å². The van der Waals surface area contributed by atoms with Crippen LogP contribution in [0.3, 0.4) is 0 Å². The molecule has 0 bridgehead atoms. The predicted molar refractivity (Wildman–Crippen MR) is 94.4 cm³/mol. The van der Waals surface area contributed by atoms with Crippen molar-refractivity contribution >= 4 is 18.1 Å². The van der Waals surface area contributed by atoms with Crippen molar-refractivity contribution in [3.63, 3.8) is 0 Å². The monoisotopic (exact) mass is 348 g/mol. The van der Waals surface area contributed by atoms with Crippen molar-refractivity contribution in [1.82, 2.24) is 9.80 Å². The van der Waals surface area contributed by atoms with Crippen molar-refractivity contribution in [3.05, 3.63) is 41.7 Å². The number of nitrogens with zero attached hydrogens (tertiary/aromatic N) is 2. The second kappa shape index (κ2) is 8.14. The van der Waals surface area contributed by atoms with Crippen LogP contribution in [0.15, 0.2) is 30.3 Å². The van der Waals surface area contributed by atoms with E-state index in [0.717, 1.165) is 0 Å². The van der Waals surface area contributed by atoms with Gasteiger partial charge in [0.15, 0.2) is 0 Å². The van der Waals surface area contributed by atoms with Gasteiger partial charge in [0.05, 0.1) is 0 Å². The van der Waals surface area contributed by atoms with Crippen LogP contribution >= 0.6 is 0 Å². The summed E-state index contributed by atoms with van der Waals surface area (Å²) in [6, 6.07) is 6.07. The number of ether oxygens (including phenoxy) is 1. The van der Waals surface area contributed by atoms with Crippen LogP contribution in [-0.4, -0.2) is 53.6 Å². The number of carbonyl (C=O) groups excluding carboxylic acids is 2. The third-order valence-electron chi connectivity index (χ3n) is 3.73. The van der Waals surface area contributed by atoms with Crippen molar-refractivity contribution < 1.29 is 18.7 Å². The SMILES string of the molecule is CC(C)(C)OC(=O)N1CCCN(C(=O)/C=C/c2cccc(F)c2)CC1. The molecule has 1 aromatic carbocycles. The predicted octanol–water partition coefficient (Wildman–Crippen LogP) is 3.31. The summed E-state index contributed by atoms with van der Waals surface area (Å²) in [5.41, 5.74) is 0.102. The van der Waals surface area contributed by atoms with E-state index in [4.69, 9.17) is 4.74 Å². The van der Waals surface area contributed by atoms with Gasteiger partial charge in [0.25, 0.3) is 0 Å². The maximum absolute atomic E-state index is 13.2. The molecule has 0 aromatic heterocycles. The van der Waals surface area contributed by atoms with Gasteiger partial charge in [-0.05, 0) is 51.0 Å². The first kappa shape index (κ1) is 19.0. The van der Waals surface area contributed by atoms with Gasteiger partial charge in [-0.1, -0.05) is 12.1 Å². The van der Waals surface area contributed by atoms with Crippen molar-refractivity contribution in [3.8, 4) is 0 Å². The van der Waals surface area contributed by atoms with E-state index in [0.29, 0.717) is 38.2 Å². The zero-order valence-electron chi connectivity index (χ0n) is 15.0. The van der Waals surface area contributed by atoms with Gasteiger partial charge in [-0.15, -0.1) is 0 Å². The number of benzene rings is 1. The number of hydrogen-bond acceptors (Lipinski definition) is 3. The number of halogens is 1. The summed E-state index contributed by atoms with van der Waals surface area (Å²) in [4.78, 5) is 27.8. The lowest BCUT2D eigenvalue weighted by Crippen LogP contribution is -2.39. The summed E-state index contributed by atoms with van der Waals surface area (Å²) >= 11 is 0. The maximum atomic E-state index is 13.2. The molecule has 0 unspecified atom stereocenters. The van der Waals surface area contributed by atoms with Gasteiger partial charge in [-0.25, -0.2) is 9.18 Å². The first-order valence-corrected chi connectivity index (χ1v) is 8.45. The lowest BCUT2D eigenvalue weighted by atomic mass is 10.2. The Morgan fingerprint density at radius 2 is 1.80 bits per heavy atom. The normalized spacial score (nSPS) is 16.0. The third-order valence-corrected chi connectivity index (χ3v) is 3.73. The molecule has 0 spiro atoms. The van der Waals surface area contributed by atoms with Gasteiger partial charge in [0.1, 0.15) is 11.4 Å². The van der Waals surface area contributed by atoms with E-state index in [-0.39, 0.29) is 17.8 Å². The minimum atomic E-state index is -0.535. The molecule has 25 heavy (non-hydrogen) atoms. The lowest BCUT2D eigenvalue weighted by Gasteiger charge is -2.26. The Morgan fingerprint density at radius 1 is 1.12 bits per heavy atom. The smallest absolute Gasteiger partial charge is 0.410 e. The largest absolute Gasteiger partial charge is 0.444 e. The van der Waals surface area contributed by atoms with Crippen LogP contribution in [0.4, 0.5) is 9.18 Å². The van der Waals surface area contributed by atoms with E-state index < -0.39 is 5.60 Å². The molecule has 0 aliphatic carbocycles. The van der Waals surface area contributed by atoms with Gasteiger partial charge < -0.3 is 14.5 Å². The average Bonchev–Trinajstić information content (AvgIpc) is 2.77. The summed E-state index contributed by atoms with van der Waals surface area (Å²) in [6.07, 6.45) is 3.38. The molecular weight excluding hydrogens is 323 g/mol. The molecule has 1 aliphatic heterocycles. The Hall–Kier alpha value is -2.37. The second-order valence-corrected chi connectivity index (χ2v) is 7.03. The van der Waals surface area contributed by atoms with Gasteiger partial charge in [0, 0.05) is 32.3 Å². The Bertz CT molecular complexity index is 652. The Balaban J connectivity index is 1.91. The fraction of sp³-hybridized carbons (Fsp3) is 0.474. The van der Waals surface area contributed by atoms with Crippen molar-refractivity contribution in [2.75, 3.05) is 26.2 Å². The van der Waals surface area contributed by atoms with Gasteiger partial charge >= 0.3 is 6.09 Å². The highest BCUT2D eigenvalue weighted by Gasteiger charge is 2.25. The van der Waals surface area contributed by atoms with Crippen molar-refractivity contribution in [2.24, 2.45) is 0 Å². The van der Waals surface area contributed by atoms with Crippen molar-refractivity contribution in [2.45, 2.75) is 32.8 Å². The zero-order chi connectivity index (χ0) is 18.4. The Morgan fingerprint density at radius 3 is 2.48 bits per heavy atom. The molecule has 1 saturated heterocycles. The van der Waals surface area contributed by atoms with Gasteiger partial charge in [-0.3, -0.25) is 4.79 Å². The summed E-state index contributed by atoms with van der Waals surface area (Å²) < 4.78 is 18.5. The van der Waals surface area contributed by atoms with E-state index in [1.54, 1.807) is 28.0 Å². The summed E-state index contributed by atoms with van der Waals surface area (Å²) in [5, 5.41) is 0. The number of rotatable bonds is 2. The molecule has 1 heterocycles. The second-order valence-electron chi connectivity index (χ2n) is 7.03. The van der Waals surface area contributed by atoms with Crippen LogP contribution in [-0.2, 0) is 9.53 Å². The molecule has 0 radical (unpaired) electrons. The molecule has 1 fully saturated rings. The number of amides is 2. The highest BCUT2D eigenvalue weighted by Crippen LogP contribution is 2.13. The maximum Gasteiger partial charge on any atom is 0.410 e. The quantitative estimate of drug-likeness (QED) is 0.771. The minimum Gasteiger partial charge on any atom is -0.444 e. The van der Waals surface area contributed by atoms with E-state index >= 15 is 0 Å². The fourth-order valence-electron chi connectivity index (χ4n) is 2.53.